The van der Waals surface area contributed by atoms with E-state index in [2.05, 4.69) is 32.8 Å². The van der Waals surface area contributed by atoms with Crippen molar-refractivity contribution < 1.29 is 0 Å². The van der Waals surface area contributed by atoms with Gasteiger partial charge in [0.1, 0.15) is 0 Å². The molecular formula is C10H18N2. The number of aromatic nitrogens is 2. The Kier molecular flexibility index (Phi) is 2.27. The van der Waals surface area contributed by atoms with Gasteiger partial charge in [0, 0.05) is 12.7 Å². The summed E-state index contributed by atoms with van der Waals surface area (Å²) >= 11 is 0. The fourth-order valence-corrected chi connectivity index (χ4v) is 1.29. The van der Waals surface area contributed by atoms with Crippen LogP contribution < -0.4 is 0 Å². The van der Waals surface area contributed by atoms with E-state index in [0.29, 0.717) is 5.41 Å². The predicted molar refractivity (Wildman–Crippen MR) is 51.1 cm³/mol. The standard InChI is InChI=1S/C10H18N2/c1-8-9(6-10(2,3)4)7-11-12(8)5/h7H,6H2,1-5H3. The largest absolute Gasteiger partial charge is 0.273 e. The molecular weight excluding hydrogens is 148 g/mol. The van der Waals surface area contributed by atoms with Crippen LogP contribution in [0.3, 0.4) is 0 Å². The lowest BCUT2D eigenvalue weighted by atomic mass is 9.88. The topological polar surface area (TPSA) is 17.8 Å². The highest BCUT2D eigenvalue weighted by Gasteiger charge is 2.14. The van der Waals surface area contributed by atoms with Gasteiger partial charge >= 0.3 is 0 Å². The number of hydrogen-bond donors (Lipinski definition) is 0. The van der Waals surface area contributed by atoms with E-state index >= 15 is 0 Å². The zero-order chi connectivity index (χ0) is 9.35. The van der Waals surface area contributed by atoms with Crippen LogP contribution in [0.2, 0.25) is 0 Å². The molecule has 0 amide bonds. The summed E-state index contributed by atoms with van der Waals surface area (Å²) in [5.74, 6) is 0. The van der Waals surface area contributed by atoms with Crippen molar-refractivity contribution in [1.82, 2.24) is 9.78 Å². The Morgan fingerprint density at radius 3 is 2.33 bits per heavy atom. The zero-order valence-corrected chi connectivity index (χ0v) is 8.68. The van der Waals surface area contributed by atoms with Crippen LogP contribution in [0.1, 0.15) is 32.0 Å². The fourth-order valence-electron chi connectivity index (χ4n) is 1.29. The second-order valence-corrected chi connectivity index (χ2v) is 4.62. The van der Waals surface area contributed by atoms with E-state index in [4.69, 9.17) is 0 Å². The molecule has 1 aromatic rings. The summed E-state index contributed by atoms with van der Waals surface area (Å²) in [7, 11) is 1.99. The second kappa shape index (κ2) is 2.92. The van der Waals surface area contributed by atoms with Crippen LogP contribution in [-0.2, 0) is 13.5 Å². The molecule has 0 bridgehead atoms. The van der Waals surface area contributed by atoms with E-state index in [1.807, 2.05) is 17.9 Å². The lowest BCUT2D eigenvalue weighted by Crippen LogP contribution is -2.09. The summed E-state index contributed by atoms with van der Waals surface area (Å²) in [6.07, 6.45) is 3.08. The molecule has 0 aliphatic rings. The molecule has 2 heteroatoms. The molecule has 1 heterocycles. The molecule has 0 aromatic carbocycles. The van der Waals surface area contributed by atoms with Crippen molar-refractivity contribution in [2.45, 2.75) is 34.1 Å². The van der Waals surface area contributed by atoms with E-state index in [1.54, 1.807) is 0 Å². The molecule has 0 aliphatic heterocycles. The maximum absolute atomic E-state index is 4.22. The Balaban J connectivity index is 2.83. The third-order valence-electron chi connectivity index (χ3n) is 2.06. The quantitative estimate of drug-likeness (QED) is 0.626. The zero-order valence-electron chi connectivity index (χ0n) is 8.68. The SMILES string of the molecule is Cc1c(CC(C)(C)C)cnn1C. The van der Waals surface area contributed by atoms with Crippen LogP contribution in [0.5, 0.6) is 0 Å². The molecule has 0 N–H and O–H groups in total. The number of aryl methyl sites for hydroxylation is 1. The highest BCUT2D eigenvalue weighted by atomic mass is 15.3. The van der Waals surface area contributed by atoms with Crippen molar-refractivity contribution in [3.63, 3.8) is 0 Å². The minimum atomic E-state index is 0.355. The van der Waals surface area contributed by atoms with Crippen LogP contribution in [0.25, 0.3) is 0 Å². The second-order valence-electron chi connectivity index (χ2n) is 4.62. The van der Waals surface area contributed by atoms with Gasteiger partial charge in [0.2, 0.25) is 0 Å². The average Bonchev–Trinajstić information content (AvgIpc) is 2.16. The maximum atomic E-state index is 4.22. The Morgan fingerprint density at radius 1 is 1.42 bits per heavy atom. The van der Waals surface area contributed by atoms with Crippen molar-refractivity contribution >= 4 is 0 Å². The molecule has 0 unspecified atom stereocenters. The summed E-state index contributed by atoms with van der Waals surface area (Å²) in [5, 5.41) is 4.22. The van der Waals surface area contributed by atoms with E-state index in [0.717, 1.165) is 6.42 Å². The number of hydrogen-bond acceptors (Lipinski definition) is 1. The Labute approximate surface area is 74.6 Å². The van der Waals surface area contributed by atoms with Gasteiger partial charge in [-0.2, -0.15) is 5.10 Å². The van der Waals surface area contributed by atoms with Crippen molar-refractivity contribution in [1.29, 1.82) is 0 Å². The van der Waals surface area contributed by atoms with Crippen LogP contribution in [0, 0.1) is 12.3 Å². The van der Waals surface area contributed by atoms with Crippen molar-refractivity contribution in [2.75, 3.05) is 0 Å². The third-order valence-corrected chi connectivity index (χ3v) is 2.06. The monoisotopic (exact) mass is 166 g/mol. The number of nitrogens with zero attached hydrogens (tertiary/aromatic N) is 2. The Morgan fingerprint density at radius 2 is 2.00 bits per heavy atom. The van der Waals surface area contributed by atoms with Gasteiger partial charge in [0.25, 0.3) is 0 Å². The fraction of sp³-hybridized carbons (Fsp3) is 0.700. The van der Waals surface area contributed by atoms with E-state index in [1.165, 1.54) is 11.3 Å². The van der Waals surface area contributed by atoms with Crippen LogP contribution >= 0.6 is 0 Å². The highest BCUT2D eigenvalue weighted by Crippen LogP contribution is 2.21. The van der Waals surface area contributed by atoms with E-state index in [9.17, 15) is 0 Å². The highest BCUT2D eigenvalue weighted by molar-refractivity contribution is 5.17. The smallest absolute Gasteiger partial charge is 0.0524 e. The first kappa shape index (κ1) is 9.30. The first-order valence-electron chi connectivity index (χ1n) is 4.37. The third kappa shape index (κ3) is 2.10. The first-order chi connectivity index (χ1) is 5.40. The van der Waals surface area contributed by atoms with Gasteiger partial charge < -0.3 is 0 Å². The molecule has 0 radical (unpaired) electrons. The summed E-state index contributed by atoms with van der Waals surface area (Å²) in [4.78, 5) is 0. The summed E-state index contributed by atoms with van der Waals surface area (Å²) in [6, 6.07) is 0. The average molecular weight is 166 g/mol. The molecule has 0 fully saturated rings. The van der Waals surface area contributed by atoms with Gasteiger partial charge in [-0.25, -0.2) is 0 Å². The lowest BCUT2D eigenvalue weighted by Gasteiger charge is -2.17. The maximum Gasteiger partial charge on any atom is 0.0524 e. The predicted octanol–water partition coefficient (Wildman–Crippen LogP) is 2.32. The lowest BCUT2D eigenvalue weighted by molar-refractivity contribution is 0.410. The minimum absolute atomic E-state index is 0.355. The minimum Gasteiger partial charge on any atom is -0.273 e. The molecule has 68 valence electrons. The van der Waals surface area contributed by atoms with Crippen LogP contribution in [0.4, 0.5) is 0 Å². The van der Waals surface area contributed by atoms with Gasteiger partial charge in [-0.05, 0) is 24.3 Å². The summed E-state index contributed by atoms with van der Waals surface area (Å²) in [5.41, 5.74) is 3.00. The van der Waals surface area contributed by atoms with Crippen LogP contribution in [-0.4, -0.2) is 9.78 Å². The van der Waals surface area contributed by atoms with Crippen molar-refractivity contribution in [3.05, 3.63) is 17.5 Å². The Hall–Kier alpha value is -0.790. The molecule has 2 nitrogen and oxygen atoms in total. The van der Waals surface area contributed by atoms with Gasteiger partial charge in [-0.3, -0.25) is 4.68 Å². The number of rotatable bonds is 1. The molecule has 1 rings (SSSR count). The van der Waals surface area contributed by atoms with Gasteiger partial charge in [-0.15, -0.1) is 0 Å². The normalized spacial score (nSPS) is 12.1. The summed E-state index contributed by atoms with van der Waals surface area (Å²) in [6.45, 7) is 8.87. The Bertz CT molecular complexity index is 266. The van der Waals surface area contributed by atoms with Gasteiger partial charge in [-0.1, -0.05) is 20.8 Å². The molecule has 1 aromatic heterocycles. The molecule has 0 saturated heterocycles. The first-order valence-corrected chi connectivity index (χ1v) is 4.37. The molecule has 0 atom stereocenters. The molecule has 0 aliphatic carbocycles. The van der Waals surface area contributed by atoms with Crippen molar-refractivity contribution in [2.24, 2.45) is 12.5 Å². The molecule has 0 spiro atoms. The molecule has 12 heavy (non-hydrogen) atoms. The summed E-state index contributed by atoms with van der Waals surface area (Å²) < 4.78 is 1.93. The van der Waals surface area contributed by atoms with Gasteiger partial charge in [0.05, 0.1) is 6.20 Å². The van der Waals surface area contributed by atoms with E-state index in [-0.39, 0.29) is 0 Å². The molecule has 0 saturated carbocycles. The van der Waals surface area contributed by atoms with Gasteiger partial charge in [0.15, 0.2) is 0 Å². The van der Waals surface area contributed by atoms with E-state index < -0.39 is 0 Å². The van der Waals surface area contributed by atoms with Crippen LogP contribution in [0.15, 0.2) is 6.20 Å². The van der Waals surface area contributed by atoms with Crippen molar-refractivity contribution in [3.8, 4) is 0 Å².